The molecule has 2 rings (SSSR count). The Morgan fingerprint density at radius 3 is 2.84 bits per heavy atom. The van der Waals surface area contributed by atoms with Crippen LogP contribution in [-0.2, 0) is 13.1 Å². The van der Waals surface area contributed by atoms with Crippen molar-refractivity contribution >= 4 is 5.82 Å². The minimum absolute atomic E-state index is 0.680. The summed E-state index contributed by atoms with van der Waals surface area (Å²) in [6.45, 7) is 3.65. The molecular formula is C14H19N5. The average molecular weight is 257 g/mol. The zero-order chi connectivity index (χ0) is 13.7. The van der Waals surface area contributed by atoms with Crippen molar-refractivity contribution in [2.24, 2.45) is 5.84 Å². The quantitative estimate of drug-likeness (QED) is 0.630. The summed E-state index contributed by atoms with van der Waals surface area (Å²) in [6, 6.07) is 10.0. The Morgan fingerprint density at radius 1 is 1.26 bits per heavy atom. The summed E-state index contributed by atoms with van der Waals surface area (Å²) >= 11 is 0. The predicted octanol–water partition coefficient (Wildman–Crippen LogP) is 1.70. The molecule has 0 unspecified atom stereocenters. The van der Waals surface area contributed by atoms with Crippen molar-refractivity contribution in [1.29, 1.82) is 0 Å². The zero-order valence-electron chi connectivity index (χ0n) is 11.3. The molecule has 19 heavy (non-hydrogen) atoms. The molecule has 0 atom stereocenters. The molecule has 0 fully saturated rings. The van der Waals surface area contributed by atoms with E-state index in [9.17, 15) is 0 Å². The van der Waals surface area contributed by atoms with Gasteiger partial charge in [0.05, 0.1) is 5.69 Å². The van der Waals surface area contributed by atoms with Gasteiger partial charge in [-0.25, -0.2) is 10.8 Å². The first-order valence-corrected chi connectivity index (χ1v) is 6.20. The first kappa shape index (κ1) is 13.5. The van der Waals surface area contributed by atoms with Gasteiger partial charge in [0.1, 0.15) is 5.82 Å². The third-order valence-corrected chi connectivity index (χ3v) is 2.80. The molecule has 0 aliphatic rings. The van der Waals surface area contributed by atoms with Gasteiger partial charge in [-0.1, -0.05) is 6.07 Å². The number of aryl methyl sites for hydroxylation is 1. The van der Waals surface area contributed by atoms with Gasteiger partial charge < -0.3 is 5.43 Å². The van der Waals surface area contributed by atoms with Gasteiger partial charge >= 0.3 is 0 Å². The van der Waals surface area contributed by atoms with Crippen LogP contribution in [0.4, 0.5) is 5.82 Å². The Morgan fingerprint density at radius 2 is 2.11 bits per heavy atom. The molecule has 0 spiro atoms. The van der Waals surface area contributed by atoms with Crippen LogP contribution in [0.15, 0.2) is 36.5 Å². The van der Waals surface area contributed by atoms with Gasteiger partial charge in [-0.2, -0.15) is 0 Å². The fourth-order valence-corrected chi connectivity index (χ4v) is 1.98. The van der Waals surface area contributed by atoms with Crippen LogP contribution in [0, 0.1) is 6.92 Å². The van der Waals surface area contributed by atoms with Gasteiger partial charge in [0.25, 0.3) is 0 Å². The number of nitrogens with two attached hydrogens (primary N) is 1. The maximum absolute atomic E-state index is 5.35. The summed E-state index contributed by atoms with van der Waals surface area (Å²) < 4.78 is 0. The van der Waals surface area contributed by atoms with Crippen LogP contribution in [-0.4, -0.2) is 21.9 Å². The Balaban J connectivity index is 1.98. The largest absolute Gasteiger partial charge is 0.308 e. The van der Waals surface area contributed by atoms with Gasteiger partial charge in [0.15, 0.2) is 0 Å². The van der Waals surface area contributed by atoms with Crippen molar-refractivity contribution in [3.8, 4) is 0 Å². The lowest BCUT2D eigenvalue weighted by molar-refractivity contribution is 0.315. The Labute approximate surface area is 113 Å². The molecular weight excluding hydrogens is 238 g/mol. The third-order valence-electron chi connectivity index (χ3n) is 2.80. The van der Waals surface area contributed by atoms with Crippen molar-refractivity contribution in [3.63, 3.8) is 0 Å². The zero-order valence-corrected chi connectivity index (χ0v) is 11.3. The molecule has 3 N–H and O–H groups in total. The molecule has 2 aromatic heterocycles. The van der Waals surface area contributed by atoms with Crippen LogP contribution in [0.25, 0.3) is 0 Å². The van der Waals surface area contributed by atoms with Crippen molar-refractivity contribution in [2.75, 3.05) is 12.5 Å². The molecule has 0 saturated carbocycles. The van der Waals surface area contributed by atoms with E-state index in [1.54, 1.807) is 6.20 Å². The van der Waals surface area contributed by atoms with Crippen molar-refractivity contribution in [1.82, 2.24) is 14.9 Å². The standard InChI is InChI=1S/C14H19N5/c1-11-4-3-5-13(17-11)10-19(2)9-12-6-7-16-14(8-12)18-15/h3-8H,9-10,15H2,1-2H3,(H,16,18). The molecule has 5 nitrogen and oxygen atoms in total. The maximum atomic E-state index is 5.35. The topological polar surface area (TPSA) is 67.1 Å². The van der Waals surface area contributed by atoms with Crippen LogP contribution >= 0.6 is 0 Å². The molecule has 0 amide bonds. The lowest BCUT2D eigenvalue weighted by Gasteiger charge is -2.16. The van der Waals surface area contributed by atoms with E-state index < -0.39 is 0 Å². The van der Waals surface area contributed by atoms with Crippen LogP contribution in [0.2, 0.25) is 0 Å². The molecule has 0 saturated heterocycles. The number of hydrazine groups is 1. The smallest absolute Gasteiger partial charge is 0.140 e. The molecule has 5 heteroatoms. The van der Waals surface area contributed by atoms with E-state index in [1.165, 1.54) is 0 Å². The highest BCUT2D eigenvalue weighted by molar-refractivity contribution is 5.35. The molecule has 100 valence electrons. The van der Waals surface area contributed by atoms with E-state index in [1.807, 2.05) is 37.3 Å². The number of nitrogens with zero attached hydrogens (tertiary/aromatic N) is 3. The van der Waals surface area contributed by atoms with Gasteiger partial charge in [0.2, 0.25) is 0 Å². The lowest BCUT2D eigenvalue weighted by Crippen LogP contribution is -2.18. The number of hydrogen-bond donors (Lipinski definition) is 2. The van der Waals surface area contributed by atoms with Crippen LogP contribution in [0.1, 0.15) is 17.0 Å². The number of hydrogen-bond acceptors (Lipinski definition) is 5. The highest BCUT2D eigenvalue weighted by Crippen LogP contribution is 2.10. The molecule has 0 aliphatic heterocycles. The summed E-state index contributed by atoms with van der Waals surface area (Å²) in [5.74, 6) is 6.03. The second-order valence-electron chi connectivity index (χ2n) is 4.64. The Bertz CT molecular complexity index is 541. The van der Waals surface area contributed by atoms with Crippen molar-refractivity contribution in [2.45, 2.75) is 20.0 Å². The fourth-order valence-electron chi connectivity index (χ4n) is 1.98. The van der Waals surface area contributed by atoms with E-state index >= 15 is 0 Å². The fraction of sp³-hybridized carbons (Fsp3) is 0.286. The summed E-state index contributed by atoms with van der Waals surface area (Å²) in [7, 11) is 2.07. The van der Waals surface area contributed by atoms with E-state index in [0.717, 1.165) is 30.0 Å². The van der Waals surface area contributed by atoms with E-state index in [-0.39, 0.29) is 0 Å². The summed E-state index contributed by atoms with van der Waals surface area (Å²) in [4.78, 5) is 10.8. The molecule has 0 radical (unpaired) electrons. The molecule has 0 aliphatic carbocycles. The number of nitrogens with one attached hydrogen (secondary N) is 1. The third kappa shape index (κ3) is 4.01. The van der Waals surface area contributed by atoms with Gasteiger partial charge in [-0.3, -0.25) is 9.88 Å². The van der Waals surface area contributed by atoms with Crippen LogP contribution in [0.3, 0.4) is 0 Å². The Kier molecular flexibility index (Phi) is 4.43. The predicted molar refractivity (Wildman–Crippen MR) is 76.2 cm³/mol. The highest BCUT2D eigenvalue weighted by Gasteiger charge is 2.04. The van der Waals surface area contributed by atoms with E-state index in [2.05, 4.69) is 27.3 Å². The average Bonchev–Trinajstić information content (AvgIpc) is 2.38. The first-order chi connectivity index (χ1) is 9.17. The van der Waals surface area contributed by atoms with E-state index in [4.69, 9.17) is 5.84 Å². The number of anilines is 1. The SMILES string of the molecule is Cc1cccc(CN(C)Cc2ccnc(NN)c2)n1. The monoisotopic (exact) mass is 257 g/mol. The summed E-state index contributed by atoms with van der Waals surface area (Å²) in [5.41, 5.74) is 5.84. The van der Waals surface area contributed by atoms with Crippen molar-refractivity contribution in [3.05, 3.63) is 53.5 Å². The number of rotatable bonds is 5. The second-order valence-corrected chi connectivity index (χ2v) is 4.64. The highest BCUT2D eigenvalue weighted by atomic mass is 15.2. The number of pyridine rings is 2. The first-order valence-electron chi connectivity index (χ1n) is 6.20. The van der Waals surface area contributed by atoms with Gasteiger partial charge in [0, 0.05) is 25.0 Å². The van der Waals surface area contributed by atoms with Crippen LogP contribution < -0.4 is 11.3 Å². The molecule has 0 aromatic carbocycles. The number of nitrogen functional groups attached to an aromatic ring is 1. The maximum Gasteiger partial charge on any atom is 0.140 e. The molecule has 2 aromatic rings. The molecule has 2 heterocycles. The van der Waals surface area contributed by atoms with Gasteiger partial charge in [-0.05, 0) is 43.8 Å². The second kappa shape index (κ2) is 6.26. The summed E-state index contributed by atoms with van der Waals surface area (Å²) in [6.07, 6.45) is 1.75. The molecule has 0 bridgehead atoms. The minimum atomic E-state index is 0.680. The van der Waals surface area contributed by atoms with E-state index in [0.29, 0.717) is 5.82 Å². The summed E-state index contributed by atoms with van der Waals surface area (Å²) in [5, 5.41) is 0. The normalized spacial score (nSPS) is 10.7. The lowest BCUT2D eigenvalue weighted by atomic mass is 10.2. The minimum Gasteiger partial charge on any atom is -0.308 e. The van der Waals surface area contributed by atoms with Crippen LogP contribution in [0.5, 0.6) is 0 Å². The number of aromatic nitrogens is 2. The van der Waals surface area contributed by atoms with Crippen molar-refractivity contribution < 1.29 is 0 Å². The Hall–Kier alpha value is -1.98. The van der Waals surface area contributed by atoms with Gasteiger partial charge in [-0.15, -0.1) is 0 Å².